The van der Waals surface area contributed by atoms with Crippen LogP contribution < -0.4 is 4.90 Å². The molecule has 1 N–H and O–H groups in total. The Morgan fingerprint density at radius 1 is 1.24 bits per heavy atom. The molecule has 0 saturated carbocycles. The summed E-state index contributed by atoms with van der Waals surface area (Å²) in [6.07, 6.45) is 3.34. The summed E-state index contributed by atoms with van der Waals surface area (Å²) in [5, 5.41) is 18.1. The van der Waals surface area contributed by atoms with Gasteiger partial charge in [0, 0.05) is 13.1 Å². The molecule has 0 unspecified atom stereocenters. The van der Waals surface area contributed by atoms with E-state index in [2.05, 4.69) is 29.0 Å². The highest BCUT2D eigenvalue weighted by molar-refractivity contribution is 5.31. The molecule has 1 atom stereocenters. The van der Waals surface area contributed by atoms with Gasteiger partial charge in [-0.2, -0.15) is 5.10 Å². The molecule has 17 heavy (non-hydrogen) atoms. The summed E-state index contributed by atoms with van der Waals surface area (Å²) in [7, 11) is 0. The highest BCUT2D eigenvalue weighted by Crippen LogP contribution is 2.16. The number of aromatic nitrogens is 3. The third-order valence-electron chi connectivity index (χ3n) is 3.18. The van der Waals surface area contributed by atoms with Crippen molar-refractivity contribution in [2.45, 2.75) is 45.6 Å². The van der Waals surface area contributed by atoms with E-state index in [-0.39, 0.29) is 6.10 Å². The number of nitrogens with zero attached hydrogens (tertiary/aromatic N) is 4. The zero-order valence-electron chi connectivity index (χ0n) is 10.6. The van der Waals surface area contributed by atoms with Crippen LogP contribution in [-0.2, 0) is 12.8 Å². The predicted octanol–water partition coefficient (Wildman–Crippen LogP) is 0.957. The minimum Gasteiger partial charge on any atom is -0.391 e. The molecule has 0 aromatic carbocycles. The molecule has 94 valence electrons. The van der Waals surface area contributed by atoms with Crippen LogP contribution in [0.1, 0.15) is 38.1 Å². The highest BCUT2D eigenvalue weighted by atomic mass is 16.3. The summed E-state index contributed by atoms with van der Waals surface area (Å²) in [6, 6.07) is 0. The second-order valence-electron chi connectivity index (χ2n) is 4.45. The molecule has 1 saturated heterocycles. The molecule has 5 heteroatoms. The second kappa shape index (κ2) is 5.40. The van der Waals surface area contributed by atoms with E-state index in [0.717, 1.165) is 43.6 Å². The number of β-amino-alcohol motifs (C(OH)–C–C–N with tert-alkyl or cyclic N) is 1. The zero-order valence-corrected chi connectivity index (χ0v) is 10.6. The maximum atomic E-state index is 9.65. The van der Waals surface area contributed by atoms with E-state index in [4.69, 9.17) is 0 Å². The maximum absolute atomic E-state index is 9.65. The van der Waals surface area contributed by atoms with Crippen molar-refractivity contribution in [3.63, 3.8) is 0 Å². The molecule has 2 rings (SSSR count). The fourth-order valence-electron chi connectivity index (χ4n) is 2.20. The summed E-state index contributed by atoms with van der Waals surface area (Å²) >= 11 is 0. The summed E-state index contributed by atoms with van der Waals surface area (Å²) in [5.41, 5.74) is 2.01. The molecule has 1 aromatic rings. The lowest BCUT2D eigenvalue weighted by atomic mass is 10.1. The van der Waals surface area contributed by atoms with Crippen molar-refractivity contribution < 1.29 is 5.11 Å². The molecule has 1 fully saturated rings. The quantitative estimate of drug-likeness (QED) is 0.847. The van der Waals surface area contributed by atoms with Crippen LogP contribution in [-0.4, -0.2) is 39.5 Å². The van der Waals surface area contributed by atoms with Gasteiger partial charge in [0.25, 0.3) is 0 Å². The number of piperidine rings is 1. The van der Waals surface area contributed by atoms with Crippen LogP contribution in [0.3, 0.4) is 0 Å². The standard InChI is InChI=1S/C12H20N4O/c1-3-10-11(4-2)14-15-12(13-10)16-7-5-6-9(17)8-16/h9,17H,3-8H2,1-2H3/t9-/m0/s1. The summed E-state index contributed by atoms with van der Waals surface area (Å²) < 4.78 is 0. The van der Waals surface area contributed by atoms with E-state index < -0.39 is 0 Å². The fraction of sp³-hybridized carbons (Fsp3) is 0.750. The Morgan fingerprint density at radius 3 is 2.65 bits per heavy atom. The summed E-state index contributed by atoms with van der Waals surface area (Å²) in [4.78, 5) is 6.59. The Bertz CT molecular complexity index is 383. The third-order valence-corrected chi connectivity index (χ3v) is 3.18. The number of aliphatic hydroxyl groups is 1. The lowest BCUT2D eigenvalue weighted by molar-refractivity contribution is 0.153. The van der Waals surface area contributed by atoms with Gasteiger partial charge in [-0.3, -0.25) is 0 Å². The van der Waals surface area contributed by atoms with Crippen molar-refractivity contribution in [2.75, 3.05) is 18.0 Å². The average Bonchev–Trinajstić information content (AvgIpc) is 2.38. The van der Waals surface area contributed by atoms with Crippen LogP contribution >= 0.6 is 0 Å². The van der Waals surface area contributed by atoms with Crippen LogP contribution in [0.5, 0.6) is 0 Å². The minimum absolute atomic E-state index is 0.261. The average molecular weight is 236 g/mol. The van der Waals surface area contributed by atoms with E-state index in [1.54, 1.807) is 0 Å². The topological polar surface area (TPSA) is 62.1 Å². The van der Waals surface area contributed by atoms with E-state index in [9.17, 15) is 5.11 Å². The molecule has 2 heterocycles. The Balaban J connectivity index is 2.20. The number of anilines is 1. The van der Waals surface area contributed by atoms with Gasteiger partial charge >= 0.3 is 0 Å². The van der Waals surface area contributed by atoms with Gasteiger partial charge in [0.15, 0.2) is 0 Å². The van der Waals surface area contributed by atoms with Gasteiger partial charge in [0.2, 0.25) is 5.95 Å². The fourth-order valence-corrected chi connectivity index (χ4v) is 2.20. The van der Waals surface area contributed by atoms with Gasteiger partial charge in [-0.25, -0.2) is 4.98 Å². The Hall–Kier alpha value is -1.23. The van der Waals surface area contributed by atoms with Gasteiger partial charge in [0.1, 0.15) is 0 Å². The smallest absolute Gasteiger partial charge is 0.245 e. The van der Waals surface area contributed by atoms with Crippen molar-refractivity contribution in [3.05, 3.63) is 11.4 Å². The first-order chi connectivity index (χ1) is 8.24. The first-order valence-corrected chi connectivity index (χ1v) is 6.40. The molecule has 0 spiro atoms. The first kappa shape index (κ1) is 12.2. The molecule has 1 aromatic heterocycles. The number of hydrogen-bond donors (Lipinski definition) is 1. The molecule has 1 aliphatic rings. The number of hydrogen-bond acceptors (Lipinski definition) is 5. The van der Waals surface area contributed by atoms with Gasteiger partial charge in [-0.15, -0.1) is 5.10 Å². The number of rotatable bonds is 3. The van der Waals surface area contributed by atoms with Crippen LogP contribution in [0.25, 0.3) is 0 Å². The van der Waals surface area contributed by atoms with Gasteiger partial charge in [-0.1, -0.05) is 13.8 Å². The van der Waals surface area contributed by atoms with E-state index in [1.807, 2.05) is 4.90 Å². The molecule has 0 amide bonds. The highest BCUT2D eigenvalue weighted by Gasteiger charge is 2.20. The van der Waals surface area contributed by atoms with Gasteiger partial charge < -0.3 is 10.0 Å². The molecule has 5 nitrogen and oxygen atoms in total. The molecule has 0 bridgehead atoms. The lowest BCUT2D eigenvalue weighted by Gasteiger charge is -2.29. The molecular formula is C12H20N4O. The van der Waals surface area contributed by atoms with E-state index in [1.165, 1.54) is 0 Å². The van der Waals surface area contributed by atoms with Crippen LogP contribution in [0.2, 0.25) is 0 Å². The van der Waals surface area contributed by atoms with Gasteiger partial charge in [0.05, 0.1) is 17.5 Å². The molecule has 0 aliphatic carbocycles. The maximum Gasteiger partial charge on any atom is 0.245 e. The third kappa shape index (κ3) is 2.72. The predicted molar refractivity (Wildman–Crippen MR) is 66.0 cm³/mol. The normalized spacial score (nSPS) is 20.6. The van der Waals surface area contributed by atoms with Crippen LogP contribution in [0.15, 0.2) is 0 Å². The van der Waals surface area contributed by atoms with E-state index >= 15 is 0 Å². The van der Waals surface area contributed by atoms with Crippen molar-refractivity contribution in [3.8, 4) is 0 Å². The summed E-state index contributed by atoms with van der Waals surface area (Å²) in [6.45, 7) is 5.68. The minimum atomic E-state index is -0.261. The first-order valence-electron chi connectivity index (χ1n) is 6.40. The Labute approximate surface area is 102 Å². The monoisotopic (exact) mass is 236 g/mol. The Morgan fingerprint density at radius 2 is 2.00 bits per heavy atom. The molecular weight excluding hydrogens is 216 g/mol. The van der Waals surface area contributed by atoms with Crippen molar-refractivity contribution >= 4 is 5.95 Å². The lowest BCUT2D eigenvalue weighted by Crippen LogP contribution is -2.39. The number of aryl methyl sites for hydroxylation is 2. The Kier molecular flexibility index (Phi) is 3.89. The summed E-state index contributed by atoms with van der Waals surface area (Å²) in [5.74, 6) is 0.665. The molecule has 0 radical (unpaired) electrons. The van der Waals surface area contributed by atoms with Crippen LogP contribution in [0, 0.1) is 0 Å². The van der Waals surface area contributed by atoms with Crippen molar-refractivity contribution in [1.82, 2.24) is 15.2 Å². The number of aliphatic hydroxyl groups excluding tert-OH is 1. The van der Waals surface area contributed by atoms with Crippen molar-refractivity contribution in [2.24, 2.45) is 0 Å². The largest absolute Gasteiger partial charge is 0.391 e. The zero-order chi connectivity index (χ0) is 12.3. The van der Waals surface area contributed by atoms with Gasteiger partial charge in [-0.05, 0) is 25.7 Å². The molecule has 1 aliphatic heterocycles. The van der Waals surface area contributed by atoms with E-state index in [0.29, 0.717) is 12.5 Å². The van der Waals surface area contributed by atoms with Crippen LogP contribution in [0.4, 0.5) is 5.95 Å². The SMILES string of the molecule is CCc1nnc(N2CCC[C@H](O)C2)nc1CC. The van der Waals surface area contributed by atoms with Crippen molar-refractivity contribution in [1.29, 1.82) is 0 Å². The second-order valence-corrected chi connectivity index (χ2v) is 4.45.